The van der Waals surface area contributed by atoms with E-state index in [1.54, 1.807) is 0 Å². The molecule has 27 heavy (non-hydrogen) atoms. The molecule has 0 radical (unpaired) electrons. The zero-order valence-corrected chi connectivity index (χ0v) is 14.8. The molecule has 3 heterocycles. The predicted molar refractivity (Wildman–Crippen MR) is 88.7 cm³/mol. The molecule has 0 aromatic carbocycles. The van der Waals surface area contributed by atoms with E-state index in [4.69, 9.17) is 10.5 Å². The van der Waals surface area contributed by atoms with Gasteiger partial charge in [-0.1, -0.05) is 5.16 Å². The molecule has 2 atom stereocenters. The van der Waals surface area contributed by atoms with E-state index in [1.165, 1.54) is 18.7 Å². The Morgan fingerprint density at radius 2 is 2.22 bits per heavy atom. The van der Waals surface area contributed by atoms with Crippen LogP contribution in [0, 0.1) is 0 Å². The van der Waals surface area contributed by atoms with Crippen molar-refractivity contribution in [2.24, 2.45) is 0 Å². The van der Waals surface area contributed by atoms with E-state index < -0.39 is 35.2 Å². The van der Waals surface area contributed by atoms with Crippen LogP contribution in [0.1, 0.15) is 12.7 Å². The Kier molecular flexibility index (Phi) is 5.03. The van der Waals surface area contributed by atoms with Gasteiger partial charge in [0.1, 0.15) is 23.7 Å². The van der Waals surface area contributed by atoms with E-state index in [9.17, 15) is 24.3 Å². The summed E-state index contributed by atoms with van der Waals surface area (Å²) in [6, 6.07) is -1.06. The molecule has 0 bridgehead atoms. The van der Waals surface area contributed by atoms with Gasteiger partial charge in [-0.3, -0.25) is 19.3 Å². The summed E-state index contributed by atoms with van der Waals surface area (Å²) in [6.07, 6.45) is -0.235. The zero-order chi connectivity index (χ0) is 19.7. The Morgan fingerprint density at radius 3 is 2.81 bits per heavy atom. The first-order valence-corrected chi connectivity index (χ1v) is 8.73. The van der Waals surface area contributed by atoms with Crippen LogP contribution in [0.2, 0.25) is 0 Å². The monoisotopic (exact) mass is 397 g/mol. The van der Waals surface area contributed by atoms with Gasteiger partial charge in [0.2, 0.25) is 5.91 Å². The van der Waals surface area contributed by atoms with Gasteiger partial charge in [0.05, 0.1) is 6.42 Å². The molecule has 2 unspecified atom stereocenters. The number of ether oxygens (including phenoxy) is 1. The normalized spacial score (nSPS) is 21.4. The number of β-lactam (4-membered cyclic amide) rings is 1. The van der Waals surface area contributed by atoms with Crippen molar-refractivity contribution >= 4 is 41.5 Å². The molecule has 0 aliphatic carbocycles. The topological polar surface area (TPSA) is 178 Å². The third kappa shape index (κ3) is 3.72. The number of esters is 1. The number of hydrogen-bond donors (Lipinski definition) is 3. The highest BCUT2D eigenvalue weighted by Gasteiger charge is 2.54. The minimum atomic E-state index is -1.30. The first kappa shape index (κ1) is 18.7. The van der Waals surface area contributed by atoms with Crippen LogP contribution in [-0.2, 0) is 30.3 Å². The molecule has 12 nitrogen and oxygen atoms in total. The number of fused-ring (bicyclic) bond motifs is 1. The number of nitrogens with zero attached hydrogens (tertiary/aromatic N) is 3. The number of nitrogens with one attached hydrogen (secondary N) is 1. The molecule has 1 saturated heterocycles. The van der Waals surface area contributed by atoms with Crippen LogP contribution in [-0.4, -0.2) is 67.7 Å². The lowest BCUT2D eigenvalue weighted by Gasteiger charge is -2.49. The Labute approximate surface area is 156 Å². The van der Waals surface area contributed by atoms with Gasteiger partial charge in [-0.2, -0.15) is 4.98 Å². The highest BCUT2D eigenvalue weighted by atomic mass is 32.2. The van der Waals surface area contributed by atoms with Crippen LogP contribution in [0.5, 0.6) is 0 Å². The summed E-state index contributed by atoms with van der Waals surface area (Å²) in [5.41, 5.74) is 5.37. The van der Waals surface area contributed by atoms with E-state index >= 15 is 0 Å². The molecule has 0 spiro atoms. The summed E-state index contributed by atoms with van der Waals surface area (Å²) in [5, 5.41) is 14.9. The van der Waals surface area contributed by atoms with Crippen LogP contribution >= 0.6 is 11.8 Å². The van der Waals surface area contributed by atoms with Crippen molar-refractivity contribution in [2.75, 3.05) is 18.1 Å². The van der Waals surface area contributed by atoms with E-state index in [0.717, 1.165) is 4.90 Å². The SMILES string of the molecule is CC(=O)OCC1=C(C(=O)O)N2C(=O)C(NC(=O)Cc3noc(N)n3)C2SC1. The number of hydrogen-bond acceptors (Lipinski definition) is 10. The number of rotatable bonds is 6. The van der Waals surface area contributed by atoms with Gasteiger partial charge < -0.3 is 25.4 Å². The van der Waals surface area contributed by atoms with E-state index in [2.05, 4.69) is 20.0 Å². The number of carbonyl (C=O) groups excluding carboxylic acids is 3. The predicted octanol–water partition coefficient (Wildman–Crippen LogP) is -1.50. The van der Waals surface area contributed by atoms with Crippen molar-refractivity contribution < 1.29 is 33.5 Å². The second-order valence-corrected chi connectivity index (χ2v) is 6.82. The summed E-state index contributed by atoms with van der Waals surface area (Å²) in [6.45, 7) is 0.994. The molecule has 1 aromatic rings. The lowest BCUT2D eigenvalue weighted by Crippen LogP contribution is -2.70. The molecule has 1 fully saturated rings. The summed E-state index contributed by atoms with van der Waals surface area (Å²) >= 11 is 1.27. The number of carboxylic acids is 1. The third-order valence-corrected chi connectivity index (χ3v) is 5.16. The molecule has 2 amide bonds. The third-order valence-electron chi connectivity index (χ3n) is 3.82. The van der Waals surface area contributed by atoms with Crippen LogP contribution < -0.4 is 11.1 Å². The number of carboxylic acid groups (broad SMARTS) is 1. The molecule has 4 N–H and O–H groups in total. The number of nitrogens with two attached hydrogens (primary N) is 1. The highest BCUT2D eigenvalue weighted by molar-refractivity contribution is 8.00. The van der Waals surface area contributed by atoms with Crippen molar-refractivity contribution in [1.82, 2.24) is 20.4 Å². The minimum absolute atomic E-state index is 0.0692. The number of anilines is 1. The number of nitrogen functional groups attached to an aromatic ring is 1. The molecule has 3 rings (SSSR count). The second-order valence-electron chi connectivity index (χ2n) is 5.72. The Balaban J connectivity index is 1.68. The largest absolute Gasteiger partial charge is 0.477 e. The van der Waals surface area contributed by atoms with Crippen LogP contribution in [0.15, 0.2) is 15.8 Å². The number of amides is 2. The molecular weight excluding hydrogens is 382 g/mol. The number of thioether (sulfide) groups is 1. The summed E-state index contributed by atoms with van der Waals surface area (Å²) in [5.74, 6) is -2.63. The smallest absolute Gasteiger partial charge is 0.352 e. The van der Waals surface area contributed by atoms with Gasteiger partial charge in [-0.05, 0) is 0 Å². The van der Waals surface area contributed by atoms with Gasteiger partial charge in [-0.25, -0.2) is 4.79 Å². The van der Waals surface area contributed by atoms with Crippen LogP contribution in [0.4, 0.5) is 6.01 Å². The molecule has 1 aromatic heterocycles. The quantitative estimate of drug-likeness (QED) is 0.375. The highest BCUT2D eigenvalue weighted by Crippen LogP contribution is 2.40. The van der Waals surface area contributed by atoms with Crippen molar-refractivity contribution in [3.8, 4) is 0 Å². The average Bonchev–Trinajstić information content (AvgIpc) is 3.01. The number of carbonyl (C=O) groups is 4. The van der Waals surface area contributed by atoms with E-state index in [-0.39, 0.29) is 36.3 Å². The van der Waals surface area contributed by atoms with Gasteiger partial charge in [-0.15, -0.1) is 11.8 Å². The van der Waals surface area contributed by atoms with Crippen LogP contribution in [0.25, 0.3) is 0 Å². The summed E-state index contributed by atoms with van der Waals surface area (Å²) < 4.78 is 9.41. The molecule has 2 aliphatic rings. The van der Waals surface area contributed by atoms with Gasteiger partial charge in [0.15, 0.2) is 5.82 Å². The van der Waals surface area contributed by atoms with Gasteiger partial charge in [0, 0.05) is 18.2 Å². The fourth-order valence-electron chi connectivity index (χ4n) is 2.69. The lowest BCUT2D eigenvalue weighted by molar-refractivity contribution is -0.151. The molecule has 13 heteroatoms. The molecule has 0 saturated carbocycles. The van der Waals surface area contributed by atoms with E-state index in [0.29, 0.717) is 5.57 Å². The van der Waals surface area contributed by atoms with Crippen molar-refractivity contribution in [1.29, 1.82) is 0 Å². The van der Waals surface area contributed by atoms with Crippen LogP contribution in [0.3, 0.4) is 0 Å². The first-order chi connectivity index (χ1) is 12.8. The standard InChI is InChI=1S/C14H15N5O7S/c1-5(20)25-3-6-4-27-12-9(11(22)19(12)10(6)13(23)24)17-8(21)2-7-16-14(15)26-18-7/h9,12H,2-4H2,1H3,(H,17,21)(H,23,24)(H2,15,16,18). The Bertz CT molecular complexity index is 851. The lowest BCUT2D eigenvalue weighted by atomic mass is 10.0. The second kappa shape index (κ2) is 7.26. The van der Waals surface area contributed by atoms with Crippen molar-refractivity contribution in [3.05, 3.63) is 17.1 Å². The summed E-state index contributed by atoms with van der Waals surface area (Å²) in [4.78, 5) is 51.8. The Hall–Kier alpha value is -3.09. The minimum Gasteiger partial charge on any atom is -0.477 e. The van der Waals surface area contributed by atoms with Gasteiger partial charge >= 0.3 is 18.0 Å². The fourth-order valence-corrected chi connectivity index (χ4v) is 4.02. The molecule has 2 aliphatic heterocycles. The zero-order valence-electron chi connectivity index (χ0n) is 14.0. The van der Waals surface area contributed by atoms with E-state index in [1.807, 2.05) is 0 Å². The first-order valence-electron chi connectivity index (χ1n) is 7.68. The average molecular weight is 397 g/mol. The summed E-state index contributed by atoms with van der Waals surface area (Å²) in [7, 11) is 0. The maximum absolute atomic E-state index is 12.4. The molecular formula is C14H15N5O7S. The van der Waals surface area contributed by atoms with Crippen molar-refractivity contribution in [3.63, 3.8) is 0 Å². The maximum atomic E-state index is 12.4. The van der Waals surface area contributed by atoms with Gasteiger partial charge in [0.25, 0.3) is 5.91 Å². The number of aliphatic carboxylic acids is 1. The molecule has 144 valence electrons. The fraction of sp³-hybridized carbons (Fsp3) is 0.429. The Morgan fingerprint density at radius 1 is 1.48 bits per heavy atom. The van der Waals surface area contributed by atoms with Crippen molar-refractivity contribution in [2.45, 2.75) is 24.8 Å². The maximum Gasteiger partial charge on any atom is 0.352 e. The number of aromatic nitrogens is 2.